The summed E-state index contributed by atoms with van der Waals surface area (Å²) in [6.07, 6.45) is 10.3. The Kier molecular flexibility index (Phi) is 8.01. The fourth-order valence-corrected chi connectivity index (χ4v) is 5.00. The monoisotopic (exact) mass is 459 g/mol. The molecule has 1 heterocycles. The second-order valence-electron chi connectivity index (χ2n) is 9.36. The number of carboxylic acids is 1. The first-order valence-electron chi connectivity index (χ1n) is 12.2. The van der Waals surface area contributed by atoms with Gasteiger partial charge in [0, 0.05) is 5.56 Å². The lowest BCUT2D eigenvalue weighted by Gasteiger charge is -2.25. The van der Waals surface area contributed by atoms with E-state index < -0.39 is 5.97 Å². The third-order valence-corrected chi connectivity index (χ3v) is 6.97. The Hall–Kier alpha value is -3.12. The van der Waals surface area contributed by atoms with Crippen LogP contribution in [0.4, 0.5) is 0 Å². The second kappa shape index (κ2) is 11.3. The number of benzene rings is 2. The number of aromatic carboxylic acids is 1. The molecular formula is C28H33N3O3. The standard InChI is InChI=1S/C28H33N3O3/c1-19-8-6-7-11-23(19)25-16-22(12-14-24(25)28(32)33)18-34-27(26-17-29-31-30-20(26)2)15-13-21-9-4-3-5-10-21/h6-8,11-12,14,16-17,21,27H,3-5,9-10,13,15,18H2,1-2H3,(H,32,33). The summed E-state index contributed by atoms with van der Waals surface area (Å²) in [6.45, 7) is 4.33. The summed E-state index contributed by atoms with van der Waals surface area (Å²) in [5, 5.41) is 21.7. The van der Waals surface area contributed by atoms with Crippen LogP contribution in [0, 0.1) is 19.8 Å². The van der Waals surface area contributed by atoms with Gasteiger partial charge >= 0.3 is 5.97 Å². The Balaban J connectivity index is 1.55. The Bertz CT molecular complexity index is 1130. The van der Waals surface area contributed by atoms with Gasteiger partial charge in [-0.1, -0.05) is 62.4 Å². The van der Waals surface area contributed by atoms with Crippen LogP contribution in [0.15, 0.2) is 48.7 Å². The van der Waals surface area contributed by atoms with Crippen molar-refractivity contribution in [3.05, 3.63) is 76.6 Å². The van der Waals surface area contributed by atoms with E-state index in [-0.39, 0.29) is 6.10 Å². The average molecular weight is 460 g/mol. The quantitative estimate of drug-likeness (QED) is 0.395. The minimum Gasteiger partial charge on any atom is -0.478 e. The van der Waals surface area contributed by atoms with Gasteiger partial charge in [-0.05, 0) is 72.2 Å². The first kappa shape index (κ1) is 24.0. The molecule has 0 amide bonds. The highest BCUT2D eigenvalue weighted by Crippen LogP contribution is 2.34. The number of carboxylic acid groups (broad SMARTS) is 1. The lowest BCUT2D eigenvalue weighted by molar-refractivity contribution is 0.0274. The molecule has 1 aliphatic carbocycles. The molecule has 1 aliphatic rings. The predicted molar refractivity (Wildman–Crippen MR) is 131 cm³/mol. The molecule has 178 valence electrons. The lowest BCUT2D eigenvalue weighted by Crippen LogP contribution is -2.13. The molecule has 1 aromatic heterocycles. The maximum absolute atomic E-state index is 11.9. The molecule has 1 unspecified atom stereocenters. The van der Waals surface area contributed by atoms with Crippen molar-refractivity contribution in [1.82, 2.24) is 15.4 Å². The number of aryl methyl sites for hydroxylation is 2. The Morgan fingerprint density at radius 3 is 2.62 bits per heavy atom. The normalized spacial score (nSPS) is 15.2. The molecule has 0 radical (unpaired) electrons. The molecule has 0 spiro atoms. The van der Waals surface area contributed by atoms with Gasteiger partial charge in [-0.3, -0.25) is 0 Å². The summed E-state index contributed by atoms with van der Waals surface area (Å²) >= 11 is 0. The van der Waals surface area contributed by atoms with Crippen LogP contribution in [0.3, 0.4) is 0 Å². The second-order valence-corrected chi connectivity index (χ2v) is 9.36. The van der Waals surface area contributed by atoms with E-state index in [1.807, 2.05) is 50.2 Å². The van der Waals surface area contributed by atoms with Crippen LogP contribution < -0.4 is 0 Å². The minimum atomic E-state index is -0.930. The first-order chi connectivity index (χ1) is 16.5. The maximum Gasteiger partial charge on any atom is 0.336 e. The molecule has 3 aromatic rings. The highest BCUT2D eigenvalue weighted by molar-refractivity contribution is 5.96. The van der Waals surface area contributed by atoms with Crippen molar-refractivity contribution in [1.29, 1.82) is 0 Å². The molecule has 1 atom stereocenters. The molecule has 2 aromatic carbocycles. The van der Waals surface area contributed by atoms with Crippen LogP contribution in [0.2, 0.25) is 0 Å². The number of nitrogens with zero attached hydrogens (tertiary/aromatic N) is 3. The number of rotatable bonds is 9. The molecular weight excluding hydrogens is 426 g/mol. The highest BCUT2D eigenvalue weighted by Gasteiger charge is 2.21. The highest BCUT2D eigenvalue weighted by atomic mass is 16.5. The summed E-state index contributed by atoms with van der Waals surface area (Å²) in [4.78, 5) is 11.9. The van der Waals surface area contributed by atoms with Crippen molar-refractivity contribution in [2.45, 2.75) is 71.5 Å². The van der Waals surface area contributed by atoms with Crippen LogP contribution in [-0.2, 0) is 11.3 Å². The third kappa shape index (κ3) is 5.86. The molecule has 4 rings (SSSR count). The minimum absolute atomic E-state index is 0.119. The summed E-state index contributed by atoms with van der Waals surface area (Å²) in [5.74, 6) is -0.175. The summed E-state index contributed by atoms with van der Waals surface area (Å²) in [7, 11) is 0. The number of aromatic nitrogens is 3. The fraction of sp³-hybridized carbons (Fsp3) is 0.429. The zero-order valence-electron chi connectivity index (χ0n) is 20.0. The zero-order valence-corrected chi connectivity index (χ0v) is 20.0. The van der Waals surface area contributed by atoms with Gasteiger partial charge in [-0.2, -0.15) is 0 Å². The van der Waals surface area contributed by atoms with Crippen molar-refractivity contribution in [3.8, 4) is 11.1 Å². The van der Waals surface area contributed by atoms with Crippen molar-refractivity contribution < 1.29 is 14.6 Å². The summed E-state index contributed by atoms with van der Waals surface area (Å²) < 4.78 is 6.45. The van der Waals surface area contributed by atoms with E-state index in [4.69, 9.17) is 4.74 Å². The van der Waals surface area contributed by atoms with Gasteiger partial charge in [0.2, 0.25) is 0 Å². The van der Waals surface area contributed by atoms with Crippen molar-refractivity contribution in [2.24, 2.45) is 5.92 Å². The number of hydrogen-bond donors (Lipinski definition) is 1. The van der Waals surface area contributed by atoms with Crippen molar-refractivity contribution in [2.75, 3.05) is 0 Å². The summed E-state index contributed by atoms with van der Waals surface area (Å²) in [6, 6.07) is 13.3. The Labute approximate surface area is 201 Å². The van der Waals surface area contributed by atoms with Gasteiger partial charge in [0.05, 0.1) is 30.2 Å². The van der Waals surface area contributed by atoms with Crippen LogP contribution in [0.5, 0.6) is 0 Å². The third-order valence-electron chi connectivity index (χ3n) is 6.97. The average Bonchev–Trinajstić information content (AvgIpc) is 2.85. The predicted octanol–water partition coefficient (Wildman–Crippen LogP) is 6.47. The van der Waals surface area contributed by atoms with E-state index in [9.17, 15) is 9.90 Å². The van der Waals surface area contributed by atoms with Gasteiger partial charge in [-0.15, -0.1) is 10.2 Å². The lowest BCUT2D eigenvalue weighted by atomic mass is 9.85. The molecule has 1 saturated carbocycles. The molecule has 0 aliphatic heterocycles. The van der Waals surface area contributed by atoms with Gasteiger partial charge in [0.1, 0.15) is 0 Å². The molecule has 34 heavy (non-hydrogen) atoms. The van der Waals surface area contributed by atoms with E-state index in [1.54, 1.807) is 12.3 Å². The van der Waals surface area contributed by atoms with Gasteiger partial charge in [0.25, 0.3) is 0 Å². The van der Waals surface area contributed by atoms with Crippen LogP contribution in [-0.4, -0.2) is 26.5 Å². The van der Waals surface area contributed by atoms with Crippen LogP contribution in [0.25, 0.3) is 11.1 Å². The maximum atomic E-state index is 11.9. The number of carbonyl (C=O) groups is 1. The van der Waals surface area contributed by atoms with Crippen molar-refractivity contribution in [3.63, 3.8) is 0 Å². The number of hydrogen-bond acceptors (Lipinski definition) is 5. The van der Waals surface area contributed by atoms with E-state index in [0.29, 0.717) is 17.7 Å². The van der Waals surface area contributed by atoms with E-state index >= 15 is 0 Å². The molecule has 0 saturated heterocycles. The Morgan fingerprint density at radius 1 is 1.09 bits per heavy atom. The molecule has 1 N–H and O–H groups in total. The van der Waals surface area contributed by atoms with Crippen LogP contribution in [0.1, 0.15) is 83.8 Å². The molecule has 0 bridgehead atoms. The fourth-order valence-electron chi connectivity index (χ4n) is 5.00. The Morgan fingerprint density at radius 2 is 1.88 bits per heavy atom. The van der Waals surface area contributed by atoms with E-state index in [2.05, 4.69) is 15.4 Å². The largest absolute Gasteiger partial charge is 0.478 e. The van der Waals surface area contributed by atoms with Crippen LogP contribution >= 0.6 is 0 Å². The zero-order chi connectivity index (χ0) is 23.9. The summed E-state index contributed by atoms with van der Waals surface area (Å²) in [5.41, 5.74) is 5.74. The topological polar surface area (TPSA) is 85.2 Å². The first-order valence-corrected chi connectivity index (χ1v) is 12.2. The molecule has 6 heteroatoms. The SMILES string of the molecule is Cc1ccccc1-c1cc(COC(CCC2CCCCC2)c2cnnnc2C)ccc1C(=O)O. The van der Waals surface area contributed by atoms with Crippen molar-refractivity contribution >= 4 is 5.97 Å². The van der Waals surface area contributed by atoms with Gasteiger partial charge in [-0.25, -0.2) is 4.79 Å². The van der Waals surface area contributed by atoms with Gasteiger partial charge in [0.15, 0.2) is 0 Å². The van der Waals surface area contributed by atoms with E-state index in [0.717, 1.165) is 46.7 Å². The van der Waals surface area contributed by atoms with Gasteiger partial charge < -0.3 is 9.84 Å². The molecule has 6 nitrogen and oxygen atoms in total. The molecule has 1 fully saturated rings. The smallest absolute Gasteiger partial charge is 0.336 e. The van der Waals surface area contributed by atoms with E-state index in [1.165, 1.54) is 32.1 Å². The number of ether oxygens (including phenoxy) is 1.